The standard InChI is InChI=1S/C15H13FN2/c1-9-3-5-12(16)11(7-9)15-17-13-6-4-10(2)8-14(13)18-15/h3-8H,1-2H3,(H,17,18). The van der Waals surface area contributed by atoms with Crippen molar-refractivity contribution in [3.05, 3.63) is 53.3 Å². The normalized spacial score (nSPS) is 11.1. The molecule has 2 aromatic carbocycles. The number of hydrogen-bond acceptors (Lipinski definition) is 1. The summed E-state index contributed by atoms with van der Waals surface area (Å²) >= 11 is 0. The van der Waals surface area contributed by atoms with Crippen LogP contribution in [0.4, 0.5) is 4.39 Å². The van der Waals surface area contributed by atoms with E-state index in [1.807, 2.05) is 32.0 Å². The second-order valence-electron chi connectivity index (χ2n) is 4.59. The lowest BCUT2D eigenvalue weighted by Gasteiger charge is -2.00. The van der Waals surface area contributed by atoms with Crippen molar-refractivity contribution in [2.45, 2.75) is 13.8 Å². The number of hydrogen-bond donors (Lipinski definition) is 1. The number of imidazole rings is 1. The third-order valence-electron chi connectivity index (χ3n) is 3.01. The summed E-state index contributed by atoms with van der Waals surface area (Å²) in [5, 5.41) is 0. The molecule has 0 aliphatic heterocycles. The highest BCUT2D eigenvalue weighted by Gasteiger charge is 2.10. The van der Waals surface area contributed by atoms with Gasteiger partial charge in [0.1, 0.15) is 11.6 Å². The Hall–Kier alpha value is -2.16. The van der Waals surface area contributed by atoms with Gasteiger partial charge in [-0.3, -0.25) is 0 Å². The van der Waals surface area contributed by atoms with Gasteiger partial charge in [0.2, 0.25) is 0 Å². The predicted octanol–water partition coefficient (Wildman–Crippen LogP) is 3.99. The summed E-state index contributed by atoms with van der Waals surface area (Å²) < 4.78 is 13.8. The fraction of sp³-hybridized carbons (Fsp3) is 0.133. The minimum absolute atomic E-state index is 0.253. The molecular formula is C15H13FN2. The van der Waals surface area contributed by atoms with Crippen LogP contribution in [0.2, 0.25) is 0 Å². The number of halogens is 1. The maximum atomic E-state index is 13.8. The molecule has 0 fully saturated rings. The van der Waals surface area contributed by atoms with Gasteiger partial charge in [0.05, 0.1) is 16.6 Å². The Kier molecular flexibility index (Phi) is 2.40. The van der Waals surface area contributed by atoms with Gasteiger partial charge in [0.15, 0.2) is 0 Å². The van der Waals surface area contributed by atoms with Crippen LogP contribution >= 0.6 is 0 Å². The van der Waals surface area contributed by atoms with Crippen molar-refractivity contribution in [3.63, 3.8) is 0 Å². The van der Waals surface area contributed by atoms with Crippen molar-refractivity contribution in [1.82, 2.24) is 9.97 Å². The van der Waals surface area contributed by atoms with E-state index in [2.05, 4.69) is 9.97 Å². The Morgan fingerprint density at radius 2 is 1.72 bits per heavy atom. The van der Waals surface area contributed by atoms with Gasteiger partial charge in [0, 0.05) is 0 Å². The van der Waals surface area contributed by atoms with Crippen molar-refractivity contribution in [2.24, 2.45) is 0 Å². The van der Waals surface area contributed by atoms with Crippen LogP contribution in [0, 0.1) is 19.7 Å². The highest BCUT2D eigenvalue weighted by Crippen LogP contribution is 2.24. The number of aromatic nitrogens is 2. The molecular weight excluding hydrogens is 227 g/mol. The molecule has 0 radical (unpaired) electrons. The van der Waals surface area contributed by atoms with E-state index in [1.54, 1.807) is 12.1 Å². The Morgan fingerprint density at radius 1 is 1.00 bits per heavy atom. The number of rotatable bonds is 1. The first-order chi connectivity index (χ1) is 8.63. The molecule has 0 saturated heterocycles. The van der Waals surface area contributed by atoms with Crippen LogP contribution in [0.15, 0.2) is 36.4 Å². The van der Waals surface area contributed by atoms with E-state index < -0.39 is 0 Å². The number of aromatic amines is 1. The van der Waals surface area contributed by atoms with E-state index in [-0.39, 0.29) is 5.82 Å². The van der Waals surface area contributed by atoms with E-state index in [1.165, 1.54) is 6.07 Å². The number of fused-ring (bicyclic) bond motifs is 1. The van der Waals surface area contributed by atoms with Crippen LogP contribution in [-0.4, -0.2) is 9.97 Å². The summed E-state index contributed by atoms with van der Waals surface area (Å²) in [6, 6.07) is 11.0. The molecule has 3 rings (SSSR count). The van der Waals surface area contributed by atoms with Gasteiger partial charge in [-0.25, -0.2) is 9.37 Å². The van der Waals surface area contributed by atoms with E-state index >= 15 is 0 Å². The summed E-state index contributed by atoms with van der Waals surface area (Å²) in [5.41, 5.74) is 4.48. The highest BCUT2D eigenvalue weighted by molar-refractivity contribution is 5.80. The van der Waals surface area contributed by atoms with Crippen LogP contribution in [0.25, 0.3) is 22.4 Å². The van der Waals surface area contributed by atoms with Crippen LogP contribution < -0.4 is 0 Å². The van der Waals surface area contributed by atoms with Gasteiger partial charge in [-0.2, -0.15) is 0 Å². The van der Waals surface area contributed by atoms with Crippen LogP contribution in [0.3, 0.4) is 0 Å². The van der Waals surface area contributed by atoms with Gasteiger partial charge >= 0.3 is 0 Å². The molecule has 3 aromatic rings. The Labute approximate surface area is 104 Å². The number of nitrogens with one attached hydrogen (secondary N) is 1. The molecule has 90 valence electrons. The number of benzene rings is 2. The smallest absolute Gasteiger partial charge is 0.141 e. The van der Waals surface area contributed by atoms with Crippen molar-refractivity contribution in [1.29, 1.82) is 0 Å². The quantitative estimate of drug-likeness (QED) is 0.684. The largest absolute Gasteiger partial charge is 0.338 e. The van der Waals surface area contributed by atoms with Crippen LogP contribution in [0.5, 0.6) is 0 Å². The van der Waals surface area contributed by atoms with Gasteiger partial charge in [-0.15, -0.1) is 0 Å². The Morgan fingerprint density at radius 3 is 2.56 bits per heavy atom. The zero-order chi connectivity index (χ0) is 12.7. The molecule has 0 unspecified atom stereocenters. The van der Waals surface area contributed by atoms with Gasteiger partial charge < -0.3 is 4.98 Å². The third-order valence-corrected chi connectivity index (χ3v) is 3.01. The van der Waals surface area contributed by atoms with Crippen molar-refractivity contribution < 1.29 is 4.39 Å². The molecule has 0 atom stereocenters. The topological polar surface area (TPSA) is 28.7 Å². The number of aryl methyl sites for hydroxylation is 2. The highest BCUT2D eigenvalue weighted by atomic mass is 19.1. The zero-order valence-corrected chi connectivity index (χ0v) is 10.3. The lowest BCUT2D eigenvalue weighted by molar-refractivity contribution is 0.630. The first kappa shape index (κ1) is 11.0. The molecule has 0 bridgehead atoms. The minimum atomic E-state index is -0.253. The monoisotopic (exact) mass is 240 g/mol. The second-order valence-corrected chi connectivity index (χ2v) is 4.59. The molecule has 1 N–H and O–H groups in total. The third kappa shape index (κ3) is 1.78. The maximum absolute atomic E-state index is 13.8. The van der Waals surface area contributed by atoms with Gasteiger partial charge in [0.25, 0.3) is 0 Å². The second kappa shape index (κ2) is 3.95. The molecule has 0 amide bonds. The van der Waals surface area contributed by atoms with Crippen molar-refractivity contribution in [3.8, 4) is 11.4 Å². The SMILES string of the molecule is Cc1ccc(F)c(-c2nc3ccc(C)cc3[nH]2)c1. The molecule has 1 aromatic heterocycles. The van der Waals surface area contributed by atoms with Crippen LogP contribution in [-0.2, 0) is 0 Å². The number of nitrogens with zero attached hydrogens (tertiary/aromatic N) is 1. The minimum Gasteiger partial charge on any atom is -0.338 e. The van der Waals surface area contributed by atoms with Crippen molar-refractivity contribution in [2.75, 3.05) is 0 Å². The lowest BCUT2D eigenvalue weighted by atomic mass is 10.1. The molecule has 1 heterocycles. The Balaban J connectivity index is 2.22. The molecule has 2 nitrogen and oxygen atoms in total. The average Bonchev–Trinajstić information content (AvgIpc) is 2.74. The molecule has 0 saturated carbocycles. The fourth-order valence-electron chi connectivity index (χ4n) is 2.07. The Bertz CT molecular complexity index is 728. The summed E-state index contributed by atoms with van der Waals surface area (Å²) in [6.07, 6.45) is 0. The van der Waals surface area contributed by atoms with E-state index in [0.717, 1.165) is 22.2 Å². The first-order valence-electron chi connectivity index (χ1n) is 5.86. The van der Waals surface area contributed by atoms with Crippen LogP contribution in [0.1, 0.15) is 11.1 Å². The summed E-state index contributed by atoms with van der Waals surface area (Å²) in [7, 11) is 0. The predicted molar refractivity (Wildman–Crippen MR) is 71.0 cm³/mol. The maximum Gasteiger partial charge on any atom is 0.141 e. The zero-order valence-electron chi connectivity index (χ0n) is 10.3. The molecule has 0 spiro atoms. The molecule has 18 heavy (non-hydrogen) atoms. The molecule has 0 aliphatic rings. The lowest BCUT2D eigenvalue weighted by Crippen LogP contribution is -1.87. The van der Waals surface area contributed by atoms with Crippen molar-refractivity contribution >= 4 is 11.0 Å². The first-order valence-corrected chi connectivity index (χ1v) is 5.86. The summed E-state index contributed by atoms with van der Waals surface area (Å²) in [6.45, 7) is 3.96. The fourth-order valence-corrected chi connectivity index (χ4v) is 2.07. The molecule has 0 aliphatic carbocycles. The summed E-state index contributed by atoms with van der Waals surface area (Å²) in [5.74, 6) is 0.327. The molecule has 3 heteroatoms. The number of H-pyrrole nitrogens is 1. The van der Waals surface area contributed by atoms with Gasteiger partial charge in [-0.05, 0) is 43.7 Å². The van der Waals surface area contributed by atoms with E-state index in [9.17, 15) is 4.39 Å². The summed E-state index contributed by atoms with van der Waals surface area (Å²) in [4.78, 5) is 7.60. The average molecular weight is 240 g/mol. The van der Waals surface area contributed by atoms with E-state index in [0.29, 0.717) is 11.4 Å². The van der Waals surface area contributed by atoms with E-state index in [4.69, 9.17) is 0 Å². The van der Waals surface area contributed by atoms with Gasteiger partial charge in [-0.1, -0.05) is 17.7 Å².